The first-order chi connectivity index (χ1) is 12.2. The second-order valence-electron chi connectivity index (χ2n) is 5.40. The molecule has 2 amide bonds. The summed E-state index contributed by atoms with van der Waals surface area (Å²) < 4.78 is 5.39. The maximum Gasteiger partial charge on any atom is 0.268 e. The molecule has 0 saturated heterocycles. The highest BCUT2D eigenvalue weighted by Gasteiger charge is 2.39. The molecule has 2 aromatic rings. The van der Waals surface area contributed by atoms with Crippen LogP contribution in [-0.2, 0) is 16.1 Å². The van der Waals surface area contributed by atoms with Gasteiger partial charge in [0.25, 0.3) is 11.8 Å². The number of rotatable bonds is 6. The average Bonchev–Trinajstić information content (AvgIpc) is 2.87. The van der Waals surface area contributed by atoms with Crippen LogP contribution in [0.15, 0.2) is 53.7 Å². The maximum atomic E-state index is 13.0. The number of benzene rings is 1. The molecule has 1 aromatic carbocycles. The first-order valence-corrected chi connectivity index (χ1v) is 8.91. The molecule has 128 valence electrons. The standard InChI is InChI=1S/C19H18N2O3S/c1-3-25-17-16(14-8-4-5-9-15(14)24-2)18(22)21(19(17)23)12-13-7-6-10-20-11-13/h4-11H,3,12H2,1-2H3. The van der Waals surface area contributed by atoms with Gasteiger partial charge in [-0.1, -0.05) is 31.2 Å². The summed E-state index contributed by atoms with van der Waals surface area (Å²) in [6.45, 7) is 2.16. The number of nitrogens with zero attached hydrogens (tertiary/aromatic N) is 2. The molecule has 1 aromatic heterocycles. The maximum absolute atomic E-state index is 13.0. The first-order valence-electron chi connectivity index (χ1n) is 7.93. The Morgan fingerprint density at radius 3 is 2.60 bits per heavy atom. The topological polar surface area (TPSA) is 59.5 Å². The quantitative estimate of drug-likeness (QED) is 0.746. The second kappa shape index (κ2) is 7.53. The monoisotopic (exact) mass is 354 g/mol. The zero-order valence-corrected chi connectivity index (χ0v) is 14.9. The number of para-hydroxylation sites is 1. The molecule has 0 fully saturated rings. The van der Waals surface area contributed by atoms with Crippen molar-refractivity contribution in [1.82, 2.24) is 9.88 Å². The van der Waals surface area contributed by atoms with Crippen molar-refractivity contribution in [3.8, 4) is 5.75 Å². The summed E-state index contributed by atoms with van der Waals surface area (Å²) in [5, 5.41) is 0. The van der Waals surface area contributed by atoms with E-state index in [1.54, 1.807) is 31.6 Å². The number of thioether (sulfide) groups is 1. The third kappa shape index (κ3) is 3.30. The lowest BCUT2D eigenvalue weighted by Gasteiger charge is -2.15. The van der Waals surface area contributed by atoms with Gasteiger partial charge in [0.2, 0.25) is 0 Å². The largest absolute Gasteiger partial charge is 0.496 e. The predicted octanol–water partition coefficient (Wildman–Crippen LogP) is 3.12. The molecule has 0 saturated carbocycles. The Morgan fingerprint density at radius 1 is 1.12 bits per heavy atom. The van der Waals surface area contributed by atoms with Crippen LogP contribution in [0.5, 0.6) is 5.75 Å². The molecule has 0 spiro atoms. The van der Waals surface area contributed by atoms with Crippen molar-refractivity contribution in [1.29, 1.82) is 0 Å². The molecule has 5 nitrogen and oxygen atoms in total. The molecule has 2 heterocycles. The van der Waals surface area contributed by atoms with Gasteiger partial charge >= 0.3 is 0 Å². The normalized spacial score (nSPS) is 14.4. The number of carbonyl (C=O) groups excluding carboxylic acids is 2. The van der Waals surface area contributed by atoms with Crippen molar-refractivity contribution in [2.45, 2.75) is 13.5 Å². The molecular formula is C19H18N2O3S. The van der Waals surface area contributed by atoms with Gasteiger partial charge in [-0.3, -0.25) is 19.5 Å². The highest BCUT2D eigenvalue weighted by molar-refractivity contribution is 8.04. The van der Waals surface area contributed by atoms with E-state index in [9.17, 15) is 9.59 Å². The predicted molar refractivity (Wildman–Crippen MR) is 97.8 cm³/mol. The molecule has 0 radical (unpaired) electrons. The first kappa shape index (κ1) is 17.2. The molecule has 0 aliphatic carbocycles. The number of carbonyl (C=O) groups is 2. The molecule has 25 heavy (non-hydrogen) atoms. The average molecular weight is 354 g/mol. The van der Waals surface area contributed by atoms with Crippen LogP contribution in [0.2, 0.25) is 0 Å². The molecule has 1 aliphatic heterocycles. The van der Waals surface area contributed by atoms with Crippen molar-refractivity contribution in [2.24, 2.45) is 0 Å². The van der Waals surface area contributed by atoms with Gasteiger partial charge in [0.1, 0.15) is 5.75 Å². The summed E-state index contributed by atoms with van der Waals surface area (Å²) in [5.74, 6) is 0.722. The van der Waals surface area contributed by atoms with Gasteiger partial charge in [-0.15, -0.1) is 11.8 Å². The van der Waals surface area contributed by atoms with E-state index in [0.29, 0.717) is 27.5 Å². The van der Waals surface area contributed by atoms with Gasteiger partial charge in [0.15, 0.2) is 0 Å². The minimum Gasteiger partial charge on any atom is -0.496 e. The summed E-state index contributed by atoms with van der Waals surface area (Å²) >= 11 is 1.38. The lowest BCUT2D eigenvalue weighted by atomic mass is 10.1. The molecule has 0 bridgehead atoms. The number of methoxy groups -OCH3 is 1. The van der Waals surface area contributed by atoms with E-state index in [1.165, 1.54) is 16.7 Å². The van der Waals surface area contributed by atoms with E-state index in [-0.39, 0.29) is 18.4 Å². The molecule has 0 atom stereocenters. The van der Waals surface area contributed by atoms with E-state index in [0.717, 1.165) is 5.56 Å². The summed E-state index contributed by atoms with van der Waals surface area (Å²) in [6.07, 6.45) is 3.32. The number of pyridine rings is 1. The van der Waals surface area contributed by atoms with Crippen molar-refractivity contribution >= 4 is 29.1 Å². The van der Waals surface area contributed by atoms with Crippen LogP contribution in [0.4, 0.5) is 0 Å². The van der Waals surface area contributed by atoms with Crippen LogP contribution >= 0.6 is 11.8 Å². The lowest BCUT2D eigenvalue weighted by molar-refractivity contribution is -0.137. The molecule has 3 rings (SSSR count). The van der Waals surface area contributed by atoms with Crippen molar-refractivity contribution in [3.63, 3.8) is 0 Å². The van der Waals surface area contributed by atoms with E-state index in [4.69, 9.17) is 4.74 Å². The number of aromatic nitrogens is 1. The Balaban J connectivity index is 2.02. The highest BCUT2D eigenvalue weighted by atomic mass is 32.2. The van der Waals surface area contributed by atoms with Crippen LogP contribution in [0, 0.1) is 0 Å². The second-order valence-corrected chi connectivity index (χ2v) is 6.67. The number of hydrogen-bond acceptors (Lipinski definition) is 5. The summed E-state index contributed by atoms with van der Waals surface area (Å²) in [5.41, 5.74) is 1.87. The van der Waals surface area contributed by atoms with Gasteiger partial charge in [-0.25, -0.2) is 0 Å². The van der Waals surface area contributed by atoms with Crippen LogP contribution < -0.4 is 4.74 Å². The molecule has 0 unspecified atom stereocenters. The van der Waals surface area contributed by atoms with Crippen molar-refractivity contribution in [2.75, 3.05) is 12.9 Å². The molecule has 6 heteroatoms. The Bertz CT molecular complexity index is 834. The van der Waals surface area contributed by atoms with E-state index in [2.05, 4.69) is 4.98 Å². The molecule has 1 aliphatic rings. The minimum atomic E-state index is -0.297. The van der Waals surface area contributed by atoms with Crippen LogP contribution in [0.25, 0.3) is 5.57 Å². The number of imide groups is 1. The fourth-order valence-corrected chi connectivity index (χ4v) is 3.60. The van der Waals surface area contributed by atoms with Gasteiger partial charge in [0.05, 0.1) is 24.1 Å². The van der Waals surface area contributed by atoms with Gasteiger partial charge in [0, 0.05) is 18.0 Å². The highest BCUT2D eigenvalue weighted by Crippen LogP contribution is 2.39. The summed E-state index contributed by atoms with van der Waals surface area (Å²) in [7, 11) is 1.56. The van der Waals surface area contributed by atoms with Gasteiger partial charge < -0.3 is 4.74 Å². The van der Waals surface area contributed by atoms with Crippen LogP contribution in [0.1, 0.15) is 18.1 Å². The Hall–Kier alpha value is -2.60. The van der Waals surface area contributed by atoms with Crippen molar-refractivity contribution < 1.29 is 14.3 Å². The van der Waals surface area contributed by atoms with E-state index in [1.807, 2.05) is 31.2 Å². The minimum absolute atomic E-state index is 0.206. The van der Waals surface area contributed by atoms with Gasteiger partial charge in [-0.2, -0.15) is 0 Å². The Labute approximate surface area is 150 Å². The zero-order valence-electron chi connectivity index (χ0n) is 14.1. The fraction of sp³-hybridized carbons (Fsp3) is 0.211. The third-order valence-electron chi connectivity index (χ3n) is 3.85. The number of amides is 2. The smallest absolute Gasteiger partial charge is 0.268 e. The lowest BCUT2D eigenvalue weighted by Crippen LogP contribution is -2.31. The summed E-state index contributed by atoms with van der Waals surface area (Å²) in [6, 6.07) is 10.9. The van der Waals surface area contributed by atoms with E-state index < -0.39 is 0 Å². The fourth-order valence-electron chi connectivity index (χ4n) is 2.74. The summed E-state index contributed by atoms with van der Waals surface area (Å²) in [4.78, 5) is 31.7. The van der Waals surface area contributed by atoms with Crippen molar-refractivity contribution in [3.05, 3.63) is 64.8 Å². The molecular weight excluding hydrogens is 336 g/mol. The SMILES string of the molecule is CCSC1=C(c2ccccc2OC)C(=O)N(Cc2cccnc2)C1=O. The zero-order chi connectivity index (χ0) is 17.8. The van der Waals surface area contributed by atoms with Crippen LogP contribution in [-0.4, -0.2) is 34.6 Å². The number of hydrogen-bond donors (Lipinski definition) is 0. The number of ether oxygens (including phenoxy) is 1. The van der Waals surface area contributed by atoms with E-state index >= 15 is 0 Å². The van der Waals surface area contributed by atoms with Crippen LogP contribution in [0.3, 0.4) is 0 Å². The molecule has 0 N–H and O–H groups in total. The third-order valence-corrected chi connectivity index (χ3v) is 4.81. The Kier molecular flexibility index (Phi) is 5.19. The Morgan fingerprint density at radius 2 is 1.92 bits per heavy atom. The van der Waals surface area contributed by atoms with Gasteiger partial charge in [-0.05, 0) is 23.4 Å².